The van der Waals surface area contributed by atoms with Gasteiger partial charge in [-0.1, -0.05) is 62.7 Å². The van der Waals surface area contributed by atoms with Crippen molar-refractivity contribution in [3.05, 3.63) is 65.7 Å². The summed E-state index contributed by atoms with van der Waals surface area (Å²) >= 11 is 0. The molecule has 0 aliphatic heterocycles. The number of primary amides is 1. The van der Waals surface area contributed by atoms with Crippen LogP contribution < -0.4 is 27.4 Å². The number of benzene rings is 2. The molecule has 40 heavy (non-hydrogen) atoms. The first-order chi connectivity index (χ1) is 18.9. The van der Waals surface area contributed by atoms with Crippen molar-refractivity contribution in [3.63, 3.8) is 0 Å². The van der Waals surface area contributed by atoms with Crippen molar-refractivity contribution in [3.8, 4) is 5.75 Å². The Morgan fingerprint density at radius 2 is 1.35 bits per heavy atom. The zero-order valence-electron chi connectivity index (χ0n) is 22.5. The number of carbonyl (C=O) groups excluding carboxylic acids is 4. The average Bonchev–Trinajstić information content (AvgIpc) is 2.91. The van der Waals surface area contributed by atoms with Gasteiger partial charge in [0.15, 0.2) is 0 Å². The smallest absolute Gasteiger partial charge is 0.326 e. The Kier molecular flexibility index (Phi) is 12.1. The molecule has 12 heteroatoms. The van der Waals surface area contributed by atoms with Gasteiger partial charge in [-0.25, -0.2) is 4.79 Å². The highest BCUT2D eigenvalue weighted by Gasteiger charge is 2.33. The van der Waals surface area contributed by atoms with E-state index >= 15 is 0 Å². The number of phenols is 1. The Balaban J connectivity index is 2.26. The molecule has 4 amide bonds. The minimum absolute atomic E-state index is 0.0174. The summed E-state index contributed by atoms with van der Waals surface area (Å²) in [5, 5.41) is 26.9. The SMILES string of the molecule is CCC(C)C(NC(=O)C(N)CC(N)=O)C(=O)NC(Cc1ccccc1)C(=O)NC(Cc1ccc(O)cc1)C(=O)O. The summed E-state index contributed by atoms with van der Waals surface area (Å²) in [6, 6.07) is 9.90. The molecule has 0 saturated carbocycles. The van der Waals surface area contributed by atoms with Gasteiger partial charge in [-0.3, -0.25) is 19.2 Å². The molecular formula is C28H37N5O7. The Bertz CT molecular complexity index is 1170. The second kappa shape index (κ2) is 15.2. The number of aromatic hydroxyl groups is 1. The molecule has 0 aliphatic carbocycles. The molecule has 0 bridgehead atoms. The lowest BCUT2D eigenvalue weighted by molar-refractivity contribution is -0.142. The number of nitrogens with one attached hydrogen (secondary N) is 3. The standard InChI is InChI=1S/C28H37N5O7/c1-3-16(2)24(33-25(36)20(29)15-23(30)35)27(38)31-21(13-17-7-5-4-6-8-17)26(37)32-22(28(39)40)14-18-9-11-19(34)12-10-18/h4-12,16,20-22,24,34H,3,13-15,29H2,1-2H3,(H2,30,35)(H,31,38)(H,32,37)(H,33,36)(H,39,40). The maximum atomic E-state index is 13.4. The predicted molar refractivity (Wildman–Crippen MR) is 147 cm³/mol. The number of carboxylic acids is 1. The van der Waals surface area contributed by atoms with E-state index in [4.69, 9.17) is 11.5 Å². The molecular weight excluding hydrogens is 518 g/mol. The van der Waals surface area contributed by atoms with Crippen LogP contribution in [0.25, 0.3) is 0 Å². The Morgan fingerprint density at radius 3 is 1.90 bits per heavy atom. The molecule has 0 saturated heterocycles. The Hall–Kier alpha value is -4.45. The van der Waals surface area contributed by atoms with Crippen molar-refractivity contribution in [1.82, 2.24) is 16.0 Å². The zero-order valence-corrected chi connectivity index (χ0v) is 22.5. The van der Waals surface area contributed by atoms with Crippen molar-refractivity contribution < 1.29 is 34.2 Å². The van der Waals surface area contributed by atoms with Crippen LogP contribution in [-0.4, -0.2) is 64.0 Å². The first-order valence-electron chi connectivity index (χ1n) is 12.9. The summed E-state index contributed by atoms with van der Waals surface area (Å²) in [5.74, 6) is -4.55. The van der Waals surface area contributed by atoms with Gasteiger partial charge in [0.25, 0.3) is 0 Å². The van der Waals surface area contributed by atoms with E-state index in [-0.39, 0.29) is 24.5 Å². The van der Waals surface area contributed by atoms with Gasteiger partial charge >= 0.3 is 5.97 Å². The molecule has 12 nitrogen and oxygen atoms in total. The van der Waals surface area contributed by atoms with Crippen LogP contribution in [0, 0.1) is 5.92 Å². The highest BCUT2D eigenvalue weighted by molar-refractivity contribution is 5.95. The molecule has 216 valence electrons. The van der Waals surface area contributed by atoms with Gasteiger partial charge in [-0.05, 0) is 29.2 Å². The van der Waals surface area contributed by atoms with Gasteiger partial charge in [0.05, 0.1) is 12.5 Å². The molecule has 5 atom stereocenters. The predicted octanol–water partition coefficient (Wildman–Crippen LogP) is -0.0348. The van der Waals surface area contributed by atoms with Crippen LogP contribution in [0.15, 0.2) is 54.6 Å². The normalized spacial score (nSPS) is 14.6. The fourth-order valence-electron chi connectivity index (χ4n) is 3.93. The third kappa shape index (κ3) is 10.0. The second-order valence-corrected chi connectivity index (χ2v) is 9.67. The number of nitrogens with two attached hydrogens (primary N) is 2. The van der Waals surface area contributed by atoms with Crippen molar-refractivity contribution in [1.29, 1.82) is 0 Å². The van der Waals surface area contributed by atoms with Crippen LogP contribution in [0.1, 0.15) is 37.8 Å². The highest BCUT2D eigenvalue weighted by atomic mass is 16.4. The first kappa shape index (κ1) is 31.8. The fourth-order valence-corrected chi connectivity index (χ4v) is 3.93. The molecule has 9 N–H and O–H groups in total. The minimum Gasteiger partial charge on any atom is -0.508 e. The van der Waals surface area contributed by atoms with Crippen molar-refractivity contribution in [2.45, 2.75) is 63.7 Å². The summed E-state index contributed by atoms with van der Waals surface area (Å²) in [6.45, 7) is 3.55. The topological polar surface area (TPSA) is 214 Å². The lowest BCUT2D eigenvalue weighted by atomic mass is 9.96. The van der Waals surface area contributed by atoms with Crippen LogP contribution in [-0.2, 0) is 36.8 Å². The summed E-state index contributed by atoms with van der Waals surface area (Å²) in [5.41, 5.74) is 12.1. The van der Waals surface area contributed by atoms with E-state index in [1.54, 1.807) is 49.4 Å². The van der Waals surface area contributed by atoms with Crippen LogP contribution in [0.3, 0.4) is 0 Å². The second-order valence-electron chi connectivity index (χ2n) is 9.67. The first-order valence-corrected chi connectivity index (χ1v) is 12.9. The van der Waals surface area contributed by atoms with E-state index in [1.807, 2.05) is 6.92 Å². The largest absolute Gasteiger partial charge is 0.508 e. The van der Waals surface area contributed by atoms with Crippen LogP contribution in [0.4, 0.5) is 0 Å². The molecule has 0 radical (unpaired) electrons. The number of carboxylic acid groups (broad SMARTS) is 1. The van der Waals surface area contributed by atoms with Crippen LogP contribution >= 0.6 is 0 Å². The monoisotopic (exact) mass is 555 g/mol. The number of phenolic OH excluding ortho intramolecular Hbond substituents is 1. The van der Waals surface area contributed by atoms with Gasteiger partial charge in [0.1, 0.15) is 23.9 Å². The number of hydrogen-bond acceptors (Lipinski definition) is 7. The number of aliphatic carboxylic acids is 1. The highest BCUT2D eigenvalue weighted by Crippen LogP contribution is 2.13. The molecule has 0 heterocycles. The molecule has 2 rings (SSSR count). The van der Waals surface area contributed by atoms with Gasteiger partial charge in [0, 0.05) is 12.8 Å². The van der Waals surface area contributed by atoms with Gasteiger partial charge in [-0.2, -0.15) is 0 Å². The molecule has 0 spiro atoms. The van der Waals surface area contributed by atoms with E-state index in [0.717, 1.165) is 0 Å². The number of rotatable bonds is 15. The third-order valence-corrected chi connectivity index (χ3v) is 6.46. The van der Waals surface area contributed by atoms with Crippen molar-refractivity contribution in [2.24, 2.45) is 17.4 Å². The Morgan fingerprint density at radius 1 is 0.800 bits per heavy atom. The number of amides is 4. The number of hydrogen-bond donors (Lipinski definition) is 7. The fraction of sp³-hybridized carbons (Fsp3) is 0.393. The molecule has 0 aromatic heterocycles. The maximum absolute atomic E-state index is 13.4. The maximum Gasteiger partial charge on any atom is 0.326 e. The van der Waals surface area contributed by atoms with E-state index in [9.17, 15) is 34.2 Å². The van der Waals surface area contributed by atoms with Crippen molar-refractivity contribution >= 4 is 29.6 Å². The lowest BCUT2D eigenvalue weighted by Crippen LogP contribution is -2.59. The van der Waals surface area contributed by atoms with Gasteiger partial charge in [-0.15, -0.1) is 0 Å². The quantitative estimate of drug-likeness (QED) is 0.158. The number of carbonyl (C=O) groups is 5. The van der Waals surface area contributed by atoms with E-state index < -0.39 is 60.2 Å². The molecule has 5 unspecified atom stereocenters. The summed E-state index contributed by atoms with van der Waals surface area (Å²) in [6.07, 6.45) is 0.0764. The molecule has 2 aromatic rings. The van der Waals surface area contributed by atoms with Crippen LogP contribution in [0.2, 0.25) is 0 Å². The van der Waals surface area contributed by atoms with Crippen molar-refractivity contribution in [2.75, 3.05) is 0 Å². The zero-order chi connectivity index (χ0) is 29.8. The Labute approximate surface area is 232 Å². The molecule has 0 aliphatic rings. The minimum atomic E-state index is -1.32. The molecule has 0 fully saturated rings. The lowest BCUT2D eigenvalue weighted by Gasteiger charge is -2.28. The third-order valence-electron chi connectivity index (χ3n) is 6.46. The summed E-state index contributed by atoms with van der Waals surface area (Å²) < 4.78 is 0. The van der Waals surface area contributed by atoms with E-state index in [2.05, 4.69) is 16.0 Å². The summed E-state index contributed by atoms with van der Waals surface area (Å²) in [4.78, 5) is 62.5. The summed E-state index contributed by atoms with van der Waals surface area (Å²) in [7, 11) is 0. The van der Waals surface area contributed by atoms with Gasteiger partial charge < -0.3 is 37.6 Å². The van der Waals surface area contributed by atoms with Gasteiger partial charge in [0.2, 0.25) is 23.6 Å². The van der Waals surface area contributed by atoms with Crippen LogP contribution in [0.5, 0.6) is 5.75 Å². The van der Waals surface area contributed by atoms with E-state index in [1.165, 1.54) is 12.1 Å². The average molecular weight is 556 g/mol. The molecule has 2 aromatic carbocycles. The van der Waals surface area contributed by atoms with E-state index in [0.29, 0.717) is 17.5 Å².